The van der Waals surface area contributed by atoms with Crippen molar-refractivity contribution in [1.82, 2.24) is 0 Å². The summed E-state index contributed by atoms with van der Waals surface area (Å²) in [5, 5.41) is 2.59. The average molecular weight is 555 g/mol. The minimum Gasteiger partial charge on any atom is -0.397 e. The molecule has 3 aromatic carbocycles. The lowest BCUT2D eigenvalue weighted by Gasteiger charge is -2.24. The largest absolute Gasteiger partial charge is 0.397 e. The molecule has 1 aliphatic rings. The molecular formula is C20H14N2O11S3. The normalized spacial score (nSPS) is 13.8. The monoisotopic (exact) mass is 554 g/mol. The van der Waals surface area contributed by atoms with E-state index in [1.54, 1.807) is 0 Å². The Kier molecular flexibility index (Phi) is 5.78. The number of ketones is 2. The summed E-state index contributed by atoms with van der Waals surface area (Å²) in [5.41, 5.74) is 2.69. The summed E-state index contributed by atoms with van der Waals surface area (Å²) in [6, 6.07) is 7.85. The highest BCUT2D eigenvalue weighted by Crippen LogP contribution is 2.40. The van der Waals surface area contributed by atoms with E-state index in [-0.39, 0.29) is 16.9 Å². The van der Waals surface area contributed by atoms with Crippen LogP contribution in [-0.2, 0) is 30.4 Å². The number of hydrogen-bond acceptors (Lipinski definition) is 10. The van der Waals surface area contributed by atoms with E-state index in [2.05, 4.69) is 5.32 Å². The molecule has 0 fully saturated rings. The first kappa shape index (κ1) is 25.4. The lowest BCUT2D eigenvalue weighted by molar-refractivity contribution is 0.0980. The number of nitrogen functional groups attached to an aromatic ring is 1. The molecule has 1 aliphatic carbocycles. The van der Waals surface area contributed by atoms with E-state index in [0.29, 0.717) is 0 Å². The highest BCUT2D eigenvalue weighted by Gasteiger charge is 2.37. The maximum atomic E-state index is 13.4. The van der Waals surface area contributed by atoms with Crippen molar-refractivity contribution in [2.75, 3.05) is 11.1 Å². The van der Waals surface area contributed by atoms with E-state index in [1.807, 2.05) is 0 Å². The van der Waals surface area contributed by atoms with Crippen LogP contribution in [0.1, 0.15) is 31.8 Å². The first-order valence-electron chi connectivity index (χ1n) is 9.49. The highest BCUT2D eigenvalue weighted by molar-refractivity contribution is 7.86. The lowest BCUT2D eigenvalue weighted by atomic mass is 9.82. The topological polar surface area (TPSA) is 235 Å². The molecule has 3 aromatic rings. The number of anilines is 3. The molecule has 0 amide bonds. The number of carbonyl (C=O) groups is 2. The van der Waals surface area contributed by atoms with Gasteiger partial charge in [0.05, 0.1) is 32.3 Å². The number of nitrogens with two attached hydrogens (primary N) is 1. The maximum Gasteiger partial charge on any atom is 0.296 e. The summed E-state index contributed by atoms with van der Waals surface area (Å²) < 4.78 is 98.2. The Labute approximate surface area is 203 Å². The number of benzene rings is 3. The number of hydrogen-bond donors (Lipinski definition) is 5. The van der Waals surface area contributed by atoms with Crippen molar-refractivity contribution >= 4 is 59.0 Å². The summed E-state index contributed by atoms with van der Waals surface area (Å²) in [6.45, 7) is 0. The lowest BCUT2D eigenvalue weighted by Crippen LogP contribution is -2.25. The van der Waals surface area contributed by atoms with Crippen molar-refractivity contribution < 1.29 is 48.5 Å². The molecule has 0 saturated heterocycles. The predicted octanol–water partition coefficient (Wildman–Crippen LogP) is 1.53. The Morgan fingerprint density at radius 1 is 0.667 bits per heavy atom. The van der Waals surface area contributed by atoms with E-state index in [0.717, 1.165) is 36.4 Å². The van der Waals surface area contributed by atoms with Crippen molar-refractivity contribution in [1.29, 1.82) is 0 Å². The number of fused-ring (bicyclic) bond motifs is 2. The summed E-state index contributed by atoms with van der Waals surface area (Å²) >= 11 is 0. The predicted molar refractivity (Wildman–Crippen MR) is 123 cm³/mol. The second-order valence-corrected chi connectivity index (χ2v) is 11.8. The van der Waals surface area contributed by atoms with E-state index in [1.165, 1.54) is 12.1 Å². The van der Waals surface area contributed by atoms with E-state index < -0.39 is 79.0 Å². The van der Waals surface area contributed by atoms with Gasteiger partial charge in [-0.25, -0.2) is 0 Å². The molecule has 0 aromatic heterocycles. The van der Waals surface area contributed by atoms with Gasteiger partial charge in [0.15, 0.2) is 11.6 Å². The number of rotatable bonds is 5. The van der Waals surface area contributed by atoms with Crippen molar-refractivity contribution in [3.63, 3.8) is 0 Å². The molecule has 0 heterocycles. The fourth-order valence-corrected chi connectivity index (χ4v) is 5.37. The van der Waals surface area contributed by atoms with Crippen LogP contribution < -0.4 is 11.1 Å². The Morgan fingerprint density at radius 3 is 1.83 bits per heavy atom. The van der Waals surface area contributed by atoms with E-state index in [9.17, 15) is 48.5 Å². The van der Waals surface area contributed by atoms with Gasteiger partial charge in [-0.2, -0.15) is 25.3 Å². The number of nitrogens with one attached hydrogen (secondary N) is 1. The van der Waals surface area contributed by atoms with Crippen molar-refractivity contribution in [2.45, 2.75) is 14.7 Å². The molecule has 0 atom stereocenters. The van der Waals surface area contributed by atoms with Crippen molar-refractivity contribution in [3.05, 3.63) is 70.8 Å². The maximum absolute atomic E-state index is 13.4. The number of carbonyl (C=O) groups excluding carboxylic acids is 2. The summed E-state index contributed by atoms with van der Waals surface area (Å²) in [5.74, 6) is -1.98. The van der Waals surface area contributed by atoms with Crippen LogP contribution in [0.25, 0.3) is 0 Å². The molecule has 0 spiro atoms. The molecule has 6 N–H and O–H groups in total. The van der Waals surface area contributed by atoms with Gasteiger partial charge in [0.1, 0.15) is 4.90 Å². The average Bonchev–Trinajstić information content (AvgIpc) is 2.76. The van der Waals surface area contributed by atoms with Gasteiger partial charge in [0.25, 0.3) is 30.4 Å². The van der Waals surface area contributed by atoms with Crippen LogP contribution in [0.4, 0.5) is 17.1 Å². The van der Waals surface area contributed by atoms with Gasteiger partial charge >= 0.3 is 0 Å². The SMILES string of the molecule is Nc1c(S(=O)(=O)O)cc(Nc2cccc(S(=O)(=O)O)c2)c2c1C(=O)c1cc(S(=O)(=O)O)ccc1C2=O. The van der Waals surface area contributed by atoms with Crippen LogP contribution in [0, 0.1) is 0 Å². The molecule has 188 valence electrons. The summed E-state index contributed by atoms with van der Waals surface area (Å²) in [4.78, 5) is 24.4. The van der Waals surface area contributed by atoms with Gasteiger partial charge in [-0.05, 0) is 42.5 Å². The summed E-state index contributed by atoms with van der Waals surface area (Å²) in [6.07, 6.45) is 0. The van der Waals surface area contributed by atoms with Gasteiger partial charge in [0, 0.05) is 16.8 Å². The molecule has 4 rings (SSSR count). The van der Waals surface area contributed by atoms with Crippen molar-refractivity contribution in [2.24, 2.45) is 0 Å². The molecule has 36 heavy (non-hydrogen) atoms. The molecule has 16 heteroatoms. The van der Waals surface area contributed by atoms with Crippen LogP contribution >= 0.6 is 0 Å². The zero-order chi connectivity index (χ0) is 26.8. The Morgan fingerprint density at radius 2 is 1.25 bits per heavy atom. The minimum atomic E-state index is -5.06. The first-order chi connectivity index (χ1) is 16.5. The molecule has 0 radical (unpaired) electrons. The molecule has 0 aliphatic heterocycles. The third kappa shape index (κ3) is 4.36. The zero-order valence-corrected chi connectivity index (χ0v) is 20.0. The van der Waals surface area contributed by atoms with Gasteiger partial charge in [-0.3, -0.25) is 23.2 Å². The van der Waals surface area contributed by atoms with Crippen LogP contribution in [0.15, 0.2) is 63.2 Å². The van der Waals surface area contributed by atoms with Gasteiger partial charge < -0.3 is 11.1 Å². The van der Waals surface area contributed by atoms with E-state index in [4.69, 9.17) is 5.73 Å². The summed E-state index contributed by atoms with van der Waals surface area (Å²) in [7, 11) is -14.5. The zero-order valence-electron chi connectivity index (χ0n) is 17.5. The fraction of sp³-hybridized carbons (Fsp3) is 0. The van der Waals surface area contributed by atoms with Crippen LogP contribution in [0.2, 0.25) is 0 Å². The molecule has 0 bridgehead atoms. The second kappa shape index (κ2) is 8.19. The van der Waals surface area contributed by atoms with Crippen LogP contribution in [-0.4, -0.2) is 50.5 Å². The molecule has 13 nitrogen and oxygen atoms in total. The van der Waals surface area contributed by atoms with Crippen LogP contribution in [0.5, 0.6) is 0 Å². The Hall–Kier alpha value is -3.67. The third-order valence-corrected chi connectivity index (χ3v) is 7.84. The standard InChI is InChI=1S/C20H14N2O11S3/c21-18-15(36(31,32)33)8-14(22-9-2-1-3-10(6-9)34(25,26)27)16-17(18)20(24)13-7-11(35(28,29)30)4-5-12(13)19(16)23/h1-8,22H,21H2,(H,25,26,27)(H,28,29,30)(H,31,32,33). The fourth-order valence-electron chi connectivity index (χ4n) is 3.69. The first-order valence-corrected chi connectivity index (χ1v) is 13.8. The van der Waals surface area contributed by atoms with Crippen molar-refractivity contribution in [3.8, 4) is 0 Å². The Bertz CT molecular complexity index is 1830. The van der Waals surface area contributed by atoms with Gasteiger partial charge in [-0.1, -0.05) is 6.07 Å². The van der Waals surface area contributed by atoms with Gasteiger partial charge in [0.2, 0.25) is 0 Å². The Balaban J connectivity index is 2.01. The molecule has 0 unspecified atom stereocenters. The minimum absolute atomic E-state index is 0.0637. The third-order valence-electron chi connectivity index (χ3n) is 5.25. The second-order valence-electron chi connectivity index (χ2n) is 7.53. The van der Waals surface area contributed by atoms with Gasteiger partial charge in [-0.15, -0.1) is 0 Å². The van der Waals surface area contributed by atoms with Crippen LogP contribution in [0.3, 0.4) is 0 Å². The molecular weight excluding hydrogens is 540 g/mol. The smallest absolute Gasteiger partial charge is 0.296 e. The quantitative estimate of drug-likeness (QED) is 0.174. The molecule has 0 saturated carbocycles. The van der Waals surface area contributed by atoms with E-state index >= 15 is 0 Å². The highest BCUT2D eigenvalue weighted by atomic mass is 32.2.